The Morgan fingerprint density at radius 3 is 2.81 bits per heavy atom. The number of pyridine rings is 1. The van der Waals surface area contributed by atoms with E-state index in [0.29, 0.717) is 11.4 Å². The van der Waals surface area contributed by atoms with Crippen LogP contribution in [0, 0.1) is 6.92 Å². The van der Waals surface area contributed by atoms with Crippen LogP contribution in [-0.2, 0) is 0 Å². The van der Waals surface area contributed by atoms with E-state index in [0.717, 1.165) is 18.5 Å². The molecular formula is C12H19N3O. The van der Waals surface area contributed by atoms with Crippen molar-refractivity contribution < 1.29 is 4.79 Å². The quantitative estimate of drug-likeness (QED) is 0.815. The fraction of sp³-hybridized carbons (Fsp3) is 0.500. The van der Waals surface area contributed by atoms with E-state index in [4.69, 9.17) is 5.73 Å². The Hall–Kier alpha value is -1.58. The molecule has 1 atom stereocenters. The highest BCUT2D eigenvalue weighted by Gasteiger charge is 2.10. The van der Waals surface area contributed by atoms with E-state index in [1.807, 2.05) is 13.8 Å². The monoisotopic (exact) mass is 221 g/mol. The number of amides is 1. The van der Waals surface area contributed by atoms with Crippen LogP contribution < -0.4 is 11.1 Å². The number of anilines is 1. The molecule has 0 spiro atoms. The maximum atomic E-state index is 11.8. The third kappa shape index (κ3) is 3.53. The van der Waals surface area contributed by atoms with Crippen LogP contribution in [0.2, 0.25) is 0 Å². The SMILES string of the molecule is CCCC(C)NC(=O)c1cc(C)nc(N)c1. The highest BCUT2D eigenvalue weighted by atomic mass is 16.1. The number of nitrogens with zero attached hydrogens (tertiary/aromatic N) is 1. The van der Waals surface area contributed by atoms with Crippen LogP contribution in [0.15, 0.2) is 12.1 Å². The molecule has 0 aliphatic rings. The molecule has 0 aromatic carbocycles. The molecule has 88 valence electrons. The summed E-state index contributed by atoms with van der Waals surface area (Å²) < 4.78 is 0. The van der Waals surface area contributed by atoms with Crippen molar-refractivity contribution in [2.24, 2.45) is 0 Å². The number of nitrogen functional groups attached to an aromatic ring is 1. The van der Waals surface area contributed by atoms with Gasteiger partial charge in [-0.05, 0) is 32.4 Å². The van der Waals surface area contributed by atoms with E-state index < -0.39 is 0 Å². The van der Waals surface area contributed by atoms with Crippen LogP contribution in [0.1, 0.15) is 42.7 Å². The Morgan fingerprint density at radius 1 is 1.56 bits per heavy atom. The second-order valence-corrected chi connectivity index (χ2v) is 4.09. The number of nitrogens with two attached hydrogens (primary N) is 1. The first kappa shape index (κ1) is 12.5. The summed E-state index contributed by atoms with van der Waals surface area (Å²) in [5.41, 5.74) is 6.93. The van der Waals surface area contributed by atoms with Gasteiger partial charge in [-0.15, -0.1) is 0 Å². The van der Waals surface area contributed by atoms with Gasteiger partial charge in [0.1, 0.15) is 5.82 Å². The van der Waals surface area contributed by atoms with E-state index >= 15 is 0 Å². The zero-order valence-corrected chi connectivity index (χ0v) is 10.1. The zero-order valence-electron chi connectivity index (χ0n) is 10.1. The summed E-state index contributed by atoms with van der Waals surface area (Å²) in [5.74, 6) is 0.298. The lowest BCUT2D eigenvalue weighted by atomic mass is 10.1. The molecule has 0 bridgehead atoms. The van der Waals surface area contributed by atoms with Crippen LogP contribution >= 0.6 is 0 Å². The van der Waals surface area contributed by atoms with Crippen LogP contribution in [0.3, 0.4) is 0 Å². The lowest BCUT2D eigenvalue weighted by molar-refractivity contribution is 0.0938. The number of hydrogen-bond acceptors (Lipinski definition) is 3. The summed E-state index contributed by atoms with van der Waals surface area (Å²) >= 11 is 0. The summed E-state index contributed by atoms with van der Waals surface area (Å²) in [6.45, 7) is 5.92. The van der Waals surface area contributed by atoms with Crippen molar-refractivity contribution in [3.8, 4) is 0 Å². The summed E-state index contributed by atoms with van der Waals surface area (Å²) in [4.78, 5) is 15.9. The van der Waals surface area contributed by atoms with Crippen molar-refractivity contribution in [3.05, 3.63) is 23.4 Å². The number of hydrogen-bond donors (Lipinski definition) is 2. The van der Waals surface area contributed by atoms with E-state index in [1.165, 1.54) is 0 Å². The van der Waals surface area contributed by atoms with Crippen molar-refractivity contribution in [2.45, 2.75) is 39.7 Å². The van der Waals surface area contributed by atoms with Gasteiger partial charge in [0.2, 0.25) is 0 Å². The van der Waals surface area contributed by atoms with Gasteiger partial charge < -0.3 is 11.1 Å². The largest absolute Gasteiger partial charge is 0.384 e. The van der Waals surface area contributed by atoms with Gasteiger partial charge in [-0.2, -0.15) is 0 Å². The first-order chi connectivity index (χ1) is 7.52. The molecule has 1 aromatic heterocycles. The molecule has 0 aliphatic carbocycles. The number of carbonyl (C=O) groups is 1. The maximum absolute atomic E-state index is 11.8. The third-order valence-electron chi connectivity index (χ3n) is 2.33. The fourth-order valence-electron chi connectivity index (χ4n) is 1.64. The van der Waals surface area contributed by atoms with Gasteiger partial charge in [0.05, 0.1) is 0 Å². The topological polar surface area (TPSA) is 68.0 Å². The number of nitrogens with one attached hydrogen (secondary N) is 1. The predicted molar refractivity (Wildman–Crippen MR) is 65.2 cm³/mol. The maximum Gasteiger partial charge on any atom is 0.251 e. The molecule has 16 heavy (non-hydrogen) atoms. The van der Waals surface area contributed by atoms with Crippen molar-refractivity contribution in [3.63, 3.8) is 0 Å². The van der Waals surface area contributed by atoms with Gasteiger partial charge in [-0.25, -0.2) is 4.98 Å². The predicted octanol–water partition coefficient (Wildman–Crippen LogP) is 1.89. The minimum atomic E-state index is -0.0850. The molecule has 4 nitrogen and oxygen atoms in total. The zero-order chi connectivity index (χ0) is 12.1. The van der Waals surface area contributed by atoms with Crippen LogP contribution in [0.25, 0.3) is 0 Å². The Bertz CT molecular complexity index is 356. The molecule has 0 aliphatic heterocycles. The highest BCUT2D eigenvalue weighted by Crippen LogP contribution is 2.07. The molecular weight excluding hydrogens is 202 g/mol. The summed E-state index contributed by atoms with van der Waals surface area (Å²) in [5, 5.41) is 2.93. The molecule has 0 radical (unpaired) electrons. The van der Waals surface area contributed by atoms with Crippen LogP contribution in [0.4, 0.5) is 5.82 Å². The number of carbonyl (C=O) groups excluding carboxylic acids is 1. The minimum Gasteiger partial charge on any atom is -0.384 e. The Labute approximate surface area is 96.3 Å². The van der Waals surface area contributed by atoms with Gasteiger partial charge in [-0.3, -0.25) is 4.79 Å². The molecule has 1 aromatic rings. The summed E-state index contributed by atoms with van der Waals surface area (Å²) in [7, 11) is 0. The van der Waals surface area contributed by atoms with E-state index in [2.05, 4.69) is 17.2 Å². The van der Waals surface area contributed by atoms with Gasteiger partial charge in [0.15, 0.2) is 0 Å². The van der Waals surface area contributed by atoms with E-state index in [1.54, 1.807) is 12.1 Å². The number of aromatic nitrogens is 1. The molecule has 0 saturated carbocycles. The Balaban J connectivity index is 2.72. The van der Waals surface area contributed by atoms with Crippen LogP contribution in [0.5, 0.6) is 0 Å². The highest BCUT2D eigenvalue weighted by molar-refractivity contribution is 5.95. The summed E-state index contributed by atoms with van der Waals surface area (Å²) in [6.07, 6.45) is 2.03. The van der Waals surface area contributed by atoms with Gasteiger partial charge in [-0.1, -0.05) is 13.3 Å². The smallest absolute Gasteiger partial charge is 0.251 e. The van der Waals surface area contributed by atoms with Gasteiger partial charge >= 0.3 is 0 Å². The van der Waals surface area contributed by atoms with Crippen molar-refractivity contribution in [1.29, 1.82) is 0 Å². The van der Waals surface area contributed by atoms with E-state index in [-0.39, 0.29) is 11.9 Å². The average Bonchev–Trinajstić information content (AvgIpc) is 2.16. The average molecular weight is 221 g/mol. The standard InChI is InChI=1S/C12H19N3O/c1-4-5-8(2)15-12(16)10-6-9(3)14-11(13)7-10/h6-8H,4-5H2,1-3H3,(H2,13,14)(H,15,16). The van der Waals surface area contributed by atoms with Crippen molar-refractivity contribution in [1.82, 2.24) is 10.3 Å². The lowest BCUT2D eigenvalue weighted by Gasteiger charge is -2.13. The van der Waals surface area contributed by atoms with Crippen molar-refractivity contribution in [2.75, 3.05) is 5.73 Å². The normalized spacial score (nSPS) is 12.2. The first-order valence-electron chi connectivity index (χ1n) is 5.58. The molecule has 1 unspecified atom stereocenters. The minimum absolute atomic E-state index is 0.0850. The molecule has 4 heteroatoms. The fourth-order valence-corrected chi connectivity index (χ4v) is 1.64. The van der Waals surface area contributed by atoms with Crippen LogP contribution in [-0.4, -0.2) is 16.9 Å². The third-order valence-corrected chi connectivity index (χ3v) is 2.33. The number of rotatable bonds is 4. The van der Waals surface area contributed by atoms with Gasteiger partial charge in [0.25, 0.3) is 5.91 Å². The van der Waals surface area contributed by atoms with Gasteiger partial charge in [0, 0.05) is 17.3 Å². The Morgan fingerprint density at radius 2 is 2.25 bits per heavy atom. The lowest BCUT2D eigenvalue weighted by Crippen LogP contribution is -2.32. The second-order valence-electron chi connectivity index (χ2n) is 4.09. The number of aryl methyl sites for hydroxylation is 1. The molecule has 3 N–H and O–H groups in total. The molecule has 1 amide bonds. The molecule has 1 heterocycles. The van der Waals surface area contributed by atoms with Crippen molar-refractivity contribution >= 4 is 11.7 Å². The van der Waals surface area contributed by atoms with E-state index in [9.17, 15) is 4.79 Å². The molecule has 1 rings (SSSR count). The Kier molecular flexibility index (Phi) is 4.28. The molecule has 0 fully saturated rings. The second kappa shape index (κ2) is 5.49. The summed E-state index contributed by atoms with van der Waals surface area (Å²) in [6, 6.07) is 3.53. The first-order valence-corrected chi connectivity index (χ1v) is 5.58. The molecule has 0 saturated heterocycles.